The topological polar surface area (TPSA) is 38.2 Å². The van der Waals surface area contributed by atoms with Gasteiger partial charge in [-0.05, 0) is 31.9 Å². The monoisotopic (exact) mass is 289 g/mol. The first-order valence-electron chi connectivity index (χ1n) is 6.96. The van der Waals surface area contributed by atoms with Crippen LogP contribution >= 0.6 is 11.5 Å². The molecule has 0 atom stereocenters. The van der Waals surface area contributed by atoms with Gasteiger partial charge in [-0.2, -0.15) is 4.37 Å². The van der Waals surface area contributed by atoms with E-state index < -0.39 is 0 Å². The number of hydrogen-bond donors (Lipinski definition) is 0. The molecule has 3 rings (SSSR count). The van der Waals surface area contributed by atoms with Gasteiger partial charge in [0.1, 0.15) is 18.2 Å². The Morgan fingerprint density at radius 1 is 1.30 bits per heavy atom. The number of benzene rings is 1. The summed E-state index contributed by atoms with van der Waals surface area (Å²) in [6, 6.07) is 8.13. The number of anilines is 1. The Morgan fingerprint density at radius 2 is 2.05 bits per heavy atom. The van der Waals surface area contributed by atoms with Gasteiger partial charge in [0.2, 0.25) is 5.13 Å². The van der Waals surface area contributed by atoms with E-state index in [1.165, 1.54) is 29.9 Å². The van der Waals surface area contributed by atoms with Crippen molar-refractivity contribution in [1.29, 1.82) is 0 Å². The van der Waals surface area contributed by atoms with Crippen LogP contribution in [0.5, 0.6) is 5.75 Å². The molecule has 20 heavy (non-hydrogen) atoms. The first kappa shape index (κ1) is 13.4. The maximum Gasteiger partial charge on any atom is 0.205 e. The Kier molecular flexibility index (Phi) is 3.87. The summed E-state index contributed by atoms with van der Waals surface area (Å²) < 4.78 is 10.2. The minimum Gasteiger partial charge on any atom is -0.492 e. The maximum atomic E-state index is 5.73. The predicted octanol–water partition coefficient (Wildman–Crippen LogP) is 3.24. The Labute approximate surface area is 123 Å². The van der Waals surface area contributed by atoms with Gasteiger partial charge in [0.25, 0.3) is 0 Å². The Bertz CT molecular complexity index is 563. The first-order valence-corrected chi connectivity index (χ1v) is 7.74. The van der Waals surface area contributed by atoms with E-state index in [4.69, 9.17) is 4.74 Å². The van der Waals surface area contributed by atoms with Crippen LogP contribution in [0.1, 0.15) is 30.1 Å². The number of aryl methyl sites for hydroxylation is 1. The molecule has 1 aromatic carbocycles. The van der Waals surface area contributed by atoms with Gasteiger partial charge in [-0.1, -0.05) is 17.7 Å². The van der Waals surface area contributed by atoms with Crippen molar-refractivity contribution in [2.75, 3.05) is 25.1 Å². The van der Waals surface area contributed by atoms with Crippen LogP contribution in [-0.4, -0.2) is 29.6 Å². The molecule has 0 aliphatic heterocycles. The lowest BCUT2D eigenvalue weighted by Crippen LogP contribution is -2.23. The van der Waals surface area contributed by atoms with E-state index in [9.17, 15) is 0 Å². The highest BCUT2D eigenvalue weighted by Gasteiger charge is 2.28. The smallest absolute Gasteiger partial charge is 0.205 e. The minimum atomic E-state index is 0.622. The lowest BCUT2D eigenvalue weighted by atomic mass is 10.2. The SMILES string of the molecule is Cc1ccc(OCCN(C)c2nc(C3CC3)ns2)cc1. The van der Waals surface area contributed by atoms with E-state index in [0.29, 0.717) is 12.5 Å². The standard InChI is InChI=1S/C15H19N3OS/c1-11-3-7-13(8-4-11)19-10-9-18(2)15-16-14(17-20-15)12-5-6-12/h3-4,7-8,12H,5-6,9-10H2,1-2H3. The van der Waals surface area contributed by atoms with Crippen LogP contribution < -0.4 is 9.64 Å². The van der Waals surface area contributed by atoms with Gasteiger partial charge in [0.05, 0.1) is 6.54 Å². The molecule has 106 valence electrons. The highest BCUT2D eigenvalue weighted by molar-refractivity contribution is 7.09. The quantitative estimate of drug-likeness (QED) is 0.818. The van der Waals surface area contributed by atoms with Gasteiger partial charge in [-0.3, -0.25) is 0 Å². The molecule has 0 bridgehead atoms. The average Bonchev–Trinajstić information content (AvgIpc) is 3.18. The molecule has 0 unspecified atom stereocenters. The van der Waals surface area contributed by atoms with Gasteiger partial charge >= 0.3 is 0 Å². The predicted molar refractivity (Wildman–Crippen MR) is 81.8 cm³/mol. The fourth-order valence-corrected chi connectivity index (χ4v) is 2.65. The second-order valence-electron chi connectivity index (χ2n) is 5.29. The van der Waals surface area contributed by atoms with Crippen molar-refractivity contribution in [3.8, 4) is 5.75 Å². The van der Waals surface area contributed by atoms with Crippen LogP contribution in [-0.2, 0) is 0 Å². The average molecular weight is 289 g/mol. The summed E-state index contributed by atoms with van der Waals surface area (Å²) in [5.41, 5.74) is 1.25. The molecule has 0 amide bonds. The Morgan fingerprint density at radius 3 is 2.75 bits per heavy atom. The van der Waals surface area contributed by atoms with Crippen LogP contribution in [0.25, 0.3) is 0 Å². The van der Waals surface area contributed by atoms with Crippen LogP contribution in [0.2, 0.25) is 0 Å². The molecule has 4 nitrogen and oxygen atoms in total. The molecular weight excluding hydrogens is 270 g/mol. The van der Waals surface area contributed by atoms with Gasteiger partial charge < -0.3 is 9.64 Å². The second-order valence-corrected chi connectivity index (χ2v) is 6.02. The summed E-state index contributed by atoms with van der Waals surface area (Å²) in [6.07, 6.45) is 2.49. The molecule has 1 aromatic heterocycles. The molecule has 0 radical (unpaired) electrons. The van der Waals surface area contributed by atoms with Crippen LogP contribution in [0, 0.1) is 6.92 Å². The van der Waals surface area contributed by atoms with Gasteiger partial charge in [-0.25, -0.2) is 4.98 Å². The number of ether oxygens (including phenoxy) is 1. The third-order valence-corrected chi connectivity index (χ3v) is 4.26. The van der Waals surface area contributed by atoms with Gasteiger partial charge in [-0.15, -0.1) is 0 Å². The Hall–Kier alpha value is -1.62. The maximum absolute atomic E-state index is 5.73. The van der Waals surface area contributed by atoms with Crippen molar-refractivity contribution >= 4 is 16.7 Å². The van der Waals surface area contributed by atoms with E-state index in [1.54, 1.807) is 0 Å². The van der Waals surface area contributed by atoms with Crippen molar-refractivity contribution in [3.63, 3.8) is 0 Å². The molecule has 0 saturated heterocycles. The van der Waals surface area contributed by atoms with Crippen molar-refractivity contribution in [3.05, 3.63) is 35.7 Å². The van der Waals surface area contributed by atoms with E-state index in [0.717, 1.165) is 23.3 Å². The molecular formula is C15H19N3OS. The molecule has 0 N–H and O–H groups in total. The fraction of sp³-hybridized carbons (Fsp3) is 0.467. The normalized spacial score (nSPS) is 14.3. The van der Waals surface area contributed by atoms with Crippen molar-refractivity contribution < 1.29 is 4.74 Å². The van der Waals surface area contributed by atoms with E-state index >= 15 is 0 Å². The number of rotatable bonds is 6. The summed E-state index contributed by atoms with van der Waals surface area (Å²) >= 11 is 1.48. The summed E-state index contributed by atoms with van der Waals surface area (Å²) in [4.78, 5) is 6.70. The number of likely N-dealkylation sites (N-methyl/N-ethyl adjacent to an activating group) is 1. The Balaban J connectivity index is 1.48. The lowest BCUT2D eigenvalue weighted by Gasteiger charge is -2.15. The zero-order chi connectivity index (χ0) is 13.9. The molecule has 1 fully saturated rings. The van der Waals surface area contributed by atoms with Gasteiger partial charge in [0.15, 0.2) is 0 Å². The molecule has 2 aromatic rings. The molecule has 1 aliphatic carbocycles. The van der Waals surface area contributed by atoms with Crippen LogP contribution in [0.3, 0.4) is 0 Å². The van der Waals surface area contributed by atoms with Crippen LogP contribution in [0.4, 0.5) is 5.13 Å². The van der Waals surface area contributed by atoms with E-state index in [1.807, 2.05) is 19.2 Å². The summed E-state index contributed by atoms with van der Waals surface area (Å²) in [5.74, 6) is 2.56. The van der Waals surface area contributed by atoms with Crippen molar-refractivity contribution in [2.45, 2.75) is 25.7 Å². The third kappa shape index (κ3) is 3.28. The van der Waals surface area contributed by atoms with E-state index in [-0.39, 0.29) is 0 Å². The molecule has 1 saturated carbocycles. The lowest BCUT2D eigenvalue weighted by molar-refractivity contribution is 0.326. The number of hydrogen-bond acceptors (Lipinski definition) is 5. The highest BCUT2D eigenvalue weighted by atomic mass is 32.1. The third-order valence-electron chi connectivity index (χ3n) is 3.42. The van der Waals surface area contributed by atoms with Crippen molar-refractivity contribution in [2.24, 2.45) is 0 Å². The molecule has 1 heterocycles. The van der Waals surface area contributed by atoms with E-state index in [2.05, 4.69) is 33.3 Å². The van der Waals surface area contributed by atoms with Crippen LogP contribution in [0.15, 0.2) is 24.3 Å². The van der Waals surface area contributed by atoms with Crippen molar-refractivity contribution in [1.82, 2.24) is 9.36 Å². The largest absolute Gasteiger partial charge is 0.492 e. The molecule has 1 aliphatic rings. The first-order chi connectivity index (χ1) is 9.72. The minimum absolute atomic E-state index is 0.622. The zero-order valence-electron chi connectivity index (χ0n) is 11.9. The number of nitrogens with zero attached hydrogens (tertiary/aromatic N) is 3. The fourth-order valence-electron chi connectivity index (χ4n) is 1.92. The summed E-state index contributed by atoms with van der Waals surface area (Å²) in [5, 5.41) is 0.986. The van der Waals surface area contributed by atoms with Gasteiger partial charge in [0, 0.05) is 24.5 Å². The molecule has 5 heteroatoms. The summed E-state index contributed by atoms with van der Waals surface area (Å²) in [7, 11) is 2.04. The number of aromatic nitrogens is 2. The zero-order valence-corrected chi connectivity index (χ0v) is 12.7. The highest BCUT2D eigenvalue weighted by Crippen LogP contribution is 2.39. The summed E-state index contributed by atoms with van der Waals surface area (Å²) in [6.45, 7) is 3.54. The molecule has 0 spiro atoms. The second kappa shape index (κ2) is 5.79.